The lowest BCUT2D eigenvalue weighted by Crippen LogP contribution is -2.41. The van der Waals surface area contributed by atoms with E-state index in [0.717, 1.165) is 18.2 Å². The molecule has 0 amide bonds. The Kier molecular flexibility index (Phi) is 4.33. The van der Waals surface area contributed by atoms with Gasteiger partial charge in [0.2, 0.25) is 0 Å². The second-order valence-corrected chi connectivity index (χ2v) is 6.45. The van der Waals surface area contributed by atoms with Gasteiger partial charge in [-0.2, -0.15) is 0 Å². The van der Waals surface area contributed by atoms with E-state index in [1.807, 2.05) is 11.8 Å². The molecule has 0 bridgehead atoms. The summed E-state index contributed by atoms with van der Waals surface area (Å²) in [6.45, 7) is 6.60. The molecule has 0 saturated carbocycles. The summed E-state index contributed by atoms with van der Waals surface area (Å²) in [7, 11) is 1.75. The first kappa shape index (κ1) is 13.2. The molecule has 2 heterocycles. The Morgan fingerprint density at radius 2 is 2.41 bits per heavy atom. The van der Waals surface area contributed by atoms with Gasteiger partial charge >= 0.3 is 0 Å². The Balaban J connectivity index is 1.94. The molecule has 17 heavy (non-hydrogen) atoms. The van der Waals surface area contributed by atoms with Gasteiger partial charge in [-0.25, -0.2) is 0 Å². The lowest BCUT2D eigenvalue weighted by Gasteiger charge is -2.29. The van der Waals surface area contributed by atoms with Crippen molar-refractivity contribution in [1.82, 2.24) is 5.32 Å². The molecule has 0 aromatic carbocycles. The molecule has 1 N–H and O–H groups in total. The quantitative estimate of drug-likeness (QED) is 0.836. The van der Waals surface area contributed by atoms with Crippen LogP contribution in [0.4, 0.5) is 0 Å². The zero-order chi connectivity index (χ0) is 12.3. The lowest BCUT2D eigenvalue weighted by molar-refractivity contribution is -0.00899. The van der Waals surface area contributed by atoms with E-state index in [-0.39, 0.29) is 5.60 Å². The minimum atomic E-state index is -0.195. The van der Waals surface area contributed by atoms with Gasteiger partial charge in [-0.05, 0) is 13.3 Å². The van der Waals surface area contributed by atoms with Gasteiger partial charge in [0.05, 0.1) is 13.2 Å². The molecule has 0 radical (unpaired) electrons. The van der Waals surface area contributed by atoms with E-state index in [9.17, 15) is 0 Å². The van der Waals surface area contributed by atoms with Crippen LogP contribution in [0.15, 0.2) is 4.99 Å². The average Bonchev–Trinajstić information content (AvgIpc) is 2.74. The van der Waals surface area contributed by atoms with Crippen LogP contribution in [0, 0.1) is 0 Å². The largest absolute Gasteiger partial charge is 0.378 e. The van der Waals surface area contributed by atoms with Crippen LogP contribution < -0.4 is 5.32 Å². The standard InChI is InChI=1S/C12H22N2O2S/c1-9-6-10(2)17-11(14-9)13-7-12(15-3)4-5-16-8-12/h9-10H,4-8H2,1-3H3,(H,13,14). The van der Waals surface area contributed by atoms with Crippen LogP contribution >= 0.6 is 11.8 Å². The number of amidine groups is 1. The maximum Gasteiger partial charge on any atom is 0.157 e. The van der Waals surface area contributed by atoms with Crippen molar-refractivity contribution in [1.29, 1.82) is 0 Å². The maximum absolute atomic E-state index is 5.57. The third-order valence-electron chi connectivity index (χ3n) is 3.38. The summed E-state index contributed by atoms with van der Waals surface area (Å²) in [6, 6.07) is 0.517. The van der Waals surface area contributed by atoms with Crippen molar-refractivity contribution in [3.63, 3.8) is 0 Å². The first-order valence-electron chi connectivity index (χ1n) is 6.24. The summed E-state index contributed by atoms with van der Waals surface area (Å²) < 4.78 is 11.0. The molecule has 2 rings (SSSR count). The van der Waals surface area contributed by atoms with Crippen LogP contribution in [0.2, 0.25) is 0 Å². The van der Waals surface area contributed by atoms with Gasteiger partial charge in [-0.15, -0.1) is 0 Å². The van der Waals surface area contributed by atoms with Crippen molar-refractivity contribution in [3.05, 3.63) is 0 Å². The number of rotatable bonds is 3. The van der Waals surface area contributed by atoms with Gasteiger partial charge in [0.1, 0.15) is 5.60 Å². The van der Waals surface area contributed by atoms with E-state index in [4.69, 9.17) is 9.47 Å². The van der Waals surface area contributed by atoms with Gasteiger partial charge in [0.25, 0.3) is 0 Å². The first-order chi connectivity index (χ1) is 8.13. The Morgan fingerprint density at radius 3 is 3.00 bits per heavy atom. The van der Waals surface area contributed by atoms with Crippen molar-refractivity contribution in [2.45, 2.75) is 43.6 Å². The minimum Gasteiger partial charge on any atom is -0.378 e. The molecule has 0 aliphatic carbocycles. The van der Waals surface area contributed by atoms with Gasteiger partial charge in [0.15, 0.2) is 5.17 Å². The molecule has 2 fully saturated rings. The predicted octanol–water partition coefficient (Wildman–Crippen LogP) is 1.65. The molecule has 4 nitrogen and oxygen atoms in total. The molecule has 0 aromatic rings. The highest BCUT2D eigenvalue weighted by molar-refractivity contribution is 8.14. The second-order valence-electron chi connectivity index (χ2n) is 5.02. The van der Waals surface area contributed by atoms with Crippen LogP contribution in [-0.2, 0) is 9.47 Å². The molecule has 98 valence electrons. The highest BCUT2D eigenvalue weighted by Crippen LogP contribution is 2.25. The third-order valence-corrected chi connectivity index (χ3v) is 4.44. The molecule has 2 aliphatic rings. The van der Waals surface area contributed by atoms with Crippen LogP contribution in [-0.4, -0.2) is 48.9 Å². The SMILES string of the molecule is COC1(CN=C2NC(C)CC(C)S2)CCOC1. The summed E-state index contributed by atoms with van der Waals surface area (Å²) in [4.78, 5) is 4.67. The summed E-state index contributed by atoms with van der Waals surface area (Å²) in [6.07, 6.45) is 2.14. The predicted molar refractivity (Wildman–Crippen MR) is 71.7 cm³/mol. The number of nitrogens with zero attached hydrogens (tertiary/aromatic N) is 1. The van der Waals surface area contributed by atoms with E-state index in [2.05, 4.69) is 24.2 Å². The van der Waals surface area contributed by atoms with Crippen LogP contribution in [0.5, 0.6) is 0 Å². The number of nitrogens with one attached hydrogen (secondary N) is 1. The van der Waals surface area contributed by atoms with Gasteiger partial charge in [-0.1, -0.05) is 18.7 Å². The molecule has 0 aromatic heterocycles. The van der Waals surface area contributed by atoms with Gasteiger partial charge in [0, 0.05) is 31.4 Å². The van der Waals surface area contributed by atoms with E-state index < -0.39 is 0 Å². The highest BCUT2D eigenvalue weighted by atomic mass is 32.2. The first-order valence-corrected chi connectivity index (χ1v) is 7.12. The monoisotopic (exact) mass is 258 g/mol. The normalized spacial score (nSPS) is 40.5. The average molecular weight is 258 g/mol. The van der Waals surface area contributed by atoms with Crippen molar-refractivity contribution >= 4 is 16.9 Å². The number of thioether (sulfide) groups is 1. The summed E-state index contributed by atoms with van der Waals surface area (Å²) >= 11 is 1.83. The maximum atomic E-state index is 5.57. The number of hydrogen-bond acceptors (Lipinski definition) is 4. The fourth-order valence-corrected chi connectivity index (χ4v) is 3.45. The number of methoxy groups -OCH3 is 1. The minimum absolute atomic E-state index is 0.195. The molecule has 5 heteroatoms. The Bertz CT molecular complexity index is 278. The van der Waals surface area contributed by atoms with Crippen LogP contribution in [0.25, 0.3) is 0 Å². The molecule has 0 spiro atoms. The van der Waals surface area contributed by atoms with E-state index in [0.29, 0.717) is 24.4 Å². The van der Waals surface area contributed by atoms with Crippen LogP contribution in [0.3, 0.4) is 0 Å². The number of aliphatic imine (C=N–C) groups is 1. The Labute approximate surface area is 108 Å². The molecule has 2 aliphatic heterocycles. The van der Waals surface area contributed by atoms with E-state index in [1.54, 1.807) is 7.11 Å². The van der Waals surface area contributed by atoms with Crippen molar-refractivity contribution in [3.8, 4) is 0 Å². The third kappa shape index (κ3) is 3.36. The van der Waals surface area contributed by atoms with E-state index in [1.165, 1.54) is 6.42 Å². The fraction of sp³-hybridized carbons (Fsp3) is 0.917. The van der Waals surface area contributed by atoms with Crippen LogP contribution in [0.1, 0.15) is 26.7 Å². The summed E-state index contributed by atoms with van der Waals surface area (Å²) in [5.74, 6) is 0. The second kappa shape index (κ2) is 5.59. The van der Waals surface area contributed by atoms with Gasteiger partial charge < -0.3 is 14.8 Å². The molecule has 2 saturated heterocycles. The lowest BCUT2D eigenvalue weighted by atomic mass is 10.0. The Hall–Kier alpha value is -0.260. The zero-order valence-electron chi connectivity index (χ0n) is 10.9. The summed E-state index contributed by atoms with van der Waals surface area (Å²) in [5, 5.41) is 5.13. The highest BCUT2D eigenvalue weighted by Gasteiger charge is 2.35. The van der Waals surface area contributed by atoms with Crippen molar-refractivity contribution in [2.24, 2.45) is 4.99 Å². The van der Waals surface area contributed by atoms with Crippen molar-refractivity contribution < 1.29 is 9.47 Å². The molecular weight excluding hydrogens is 236 g/mol. The van der Waals surface area contributed by atoms with Gasteiger partial charge in [-0.3, -0.25) is 4.99 Å². The Morgan fingerprint density at radius 1 is 1.59 bits per heavy atom. The zero-order valence-corrected chi connectivity index (χ0v) is 11.7. The number of hydrogen-bond donors (Lipinski definition) is 1. The smallest absolute Gasteiger partial charge is 0.157 e. The topological polar surface area (TPSA) is 42.8 Å². The van der Waals surface area contributed by atoms with Crippen molar-refractivity contribution in [2.75, 3.05) is 26.9 Å². The molecule has 3 unspecified atom stereocenters. The fourth-order valence-electron chi connectivity index (χ4n) is 2.28. The number of ether oxygens (including phenoxy) is 2. The molecular formula is C12H22N2O2S. The summed E-state index contributed by atoms with van der Waals surface area (Å²) in [5.41, 5.74) is -0.195. The molecule has 3 atom stereocenters. The van der Waals surface area contributed by atoms with E-state index >= 15 is 0 Å².